The fourth-order valence-electron chi connectivity index (χ4n) is 2.99. The van der Waals surface area contributed by atoms with Crippen molar-refractivity contribution in [1.82, 2.24) is 14.9 Å². The normalized spacial score (nSPS) is 35.3. The molecule has 1 aliphatic heterocycles. The number of nitrogens with zero attached hydrogens (tertiary/aromatic N) is 1. The van der Waals surface area contributed by atoms with E-state index in [-0.39, 0.29) is 23.8 Å². The lowest BCUT2D eigenvalue weighted by Crippen LogP contribution is -2.53. The van der Waals surface area contributed by atoms with Crippen LogP contribution in [0.4, 0.5) is 0 Å². The summed E-state index contributed by atoms with van der Waals surface area (Å²) in [5.41, 5.74) is -0.760. The average Bonchev–Trinajstić information content (AvgIpc) is 3.36. The van der Waals surface area contributed by atoms with Crippen molar-refractivity contribution in [3.8, 4) is 0 Å². The molecule has 1 unspecified atom stereocenters. The van der Waals surface area contributed by atoms with Crippen molar-refractivity contribution in [3.63, 3.8) is 0 Å². The van der Waals surface area contributed by atoms with E-state index in [0.29, 0.717) is 11.7 Å². The van der Waals surface area contributed by atoms with Crippen LogP contribution < -0.4 is 10.0 Å². The van der Waals surface area contributed by atoms with E-state index in [9.17, 15) is 9.59 Å². The maximum absolute atomic E-state index is 12.5. The number of likely N-dealkylation sites (N-methyl/N-ethyl adjacent to an activating group) is 1. The Morgan fingerprint density at radius 3 is 2.67 bits per heavy atom. The molecule has 0 radical (unpaired) electrons. The van der Waals surface area contributed by atoms with Gasteiger partial charge in [0.05, 0.1) is 6.04 Å². The van der Waals surface area contributed by atoms with Crippen LogP contribution in [0.2, 0.25) is 0 Å². The molecule has 0 aromatic heterocycles. The van der Waals surface area contributed by atoms with Gasteiger partial charge in [-0.05, 0) is 57.6 Å². The molecule has 0 aromatic rings. The molecule has 21 heavy (non-hydrogen) atoms. The van der Waals surface area contributed by atoms with Gasteiger partial charge in [0.15, 0.2) is 0 Å². The average molecular weight is 309 g/mol. The van der Waals surface area contributed by atoms with Gasteiger partial charge in [-0.3, -0.25) is 19.2 Å². The molecule has 2 amide bonds. The van der Waals surface area contributed by atoms with E-state index in [0.717, 1.165) is 19.4 Å². The summed E-state index contributed by atoms with van der Waals surface area (Å²) < 4.78 is 2.92. The van der Waals surface area contributed by atoms with Gasteiger partial charge < -0.3 is 5.32 Å². The molecule has 1 saturated heterocycles. The number of nitrogens with one attached hydrogen (secondary N) is 2. The summed E-state index contributed by atoms with van der Waals surface area (Å²) in [6, 6.07) is -0.100. The van der Waals surface area contributed by atoms with Gasteiger partial charge >= 0.3 is 0 Å². The minimum absolute atomic E-state index is 0.0223. The number of rotatable bonds is 6. The Kier molecular flexibility index (Phi) is 4.01. The van der Waals surface area contributed by atoms with Crippen molar-refractivity contribution in [2.45, 2.75) is 48.9 Å². The Bertz CT molecular complexity index is 466. The molecule has 116 valence electrons. The summed E-state index contributed by atoms with van der Waals surface area (Å²) >= 11 is 1.49. The van der Waals surface area contributed by atoms with E-state index >= 15 is 0 Å². The standard InChI is InChI=1S/C15H23N3O2S/c1-3-10-9-15(10,14(20)17-21-11-6-7-11)16-13(19)12-5-4-8-18(12)2/h3,10-12H,1,4-9H2,2H3,(H,16,19)(H,17,20)/t10-,12?,15-/m1/s1. The number of carbonyl (C=O) groups is 2. The second-order valence-corrected chi connectivity index (χ2v) is 7.50. The summed E-state index contributed by atoms with van der Waals surface area (Å²) in [5.74, 6) is -0.0443. The summed E-state index contributed by atoms with van der Waals surface area (Å²) in [6.07, 6.45) is 6.69. The van der Waals surface area contributed by atoms with Crippen molar-refractivity contribution < 1.29 is 9.59 Å². The van der Waals surface area contributed by atoms with Gasteiger partial charge in [-0.25, -0.2) is 0 Å². The monoisotopic (exact) mass is 309 g/mol. The lowest BCUT2D eigenvalue weighted by molar-refractivity contribution is -0.131. The molecule has 2 saturated carbocycles. The largest absolute Gasteiger partial charge is 0.340 e. The molecule has 3 atom stereocenters. The Labute approximate surface area is 130 Å². The van der Waals surface area contributed by atoms with E-state index in [1.54, 1.807) is 6.08 Å². The van der Waals surface area contributed by atoms with Crippen molar-refractivity contribution in [2.24, 2.45) is 5.92 Å². The van der Waals surface area contributed by atoms with Gasteiger partial charge in [0, 0.05) is 11.2 Å². The third-order valence-corrected chi connectivity index (χ3v) is 5.82. The molecule has 1 heterocycles. The lowest BCUT2D eigenvalue weighted by Gasteiger charge is -2.23. The molecular weight excluding hydrogens is 286 g/mol. The van der Waals surface area contributed by atoms with Crippen LogP contribution in [0.15, 0.2) is 12.7 Å². The third-order valence-electron chi connectivity index (χ3n) is 4.72. The van der Waals surface area contributed by atoms with Crippen molar-refractivity contribution in [1.29, 1.82) is 0 Å². The van der Waals surface area contributed by atoms with Crippen molar-refractivity contribution >= 4 is 23.8 Å². The lowest BCUT2D eigenvalue weighted by atomic mass is 10.1. The van der Waals surface area contributed by atoms with Crippen molar-refractivity contribution in [3.05, 3.63) is 12.7 Å². The highest BCUT2D eigenvalue weighted by atomic mass is 32.2. The SMILES string of the molecule is C=C[C@@H]1C[C@]1(NC(=O)C1CCCN1C)C(=O)NSC1CC1. The molecule has 3 aliphatic rings. The van der Waals surface area contributed by atoms with Gasteiger partial charge in [-0.2, -0.15) is 0 Å². The minimum atomic E-state index is -0.760. The van der Waals surface area contributed by atoms with E-state index in [1.165, 1.54) is 24.8 Å². The Balaban J connectivity index is 1.62. The fourth-order valence-corrected chi connectivity index (χ4v) is 3.82. The first-order valence-corrected chi connectivity index (χ1v) is 8.55. The number of hydrogen-bond donors (Lipinski definition) is 2. The zero-order valence-corrected chi connectivity index (χ0v) is 13.2. The number of carbonyl (C=O) groups excluding carboxylic acids is 2. The molecule has 2 aliphatic carbocycles. The zero-order chi connectivity index (χ0) is 15.0. The Hall–Kier alpha value is -1.01. The van der Waals surface area contributed by atoms with Crippen molar-refractivity contribution in [2.75, 3.05) is 13.6 Å². The summed E-state index contributed by atoms with van der Waals surface area (Å²) in [7, 11) is 1.96. The highest BCUT2D eigenvalue weighted by Gasteiger charge is 2.60. The maximum Gasteiger partial charge on any atom is 0.256 e. The van der Waals surface area contributed by atoms with E-state index in [1.807, 2.05) is 7.05 Å². The molecule has 0 aromatic carbocycles. The predicted molar refractivity (Wildman–Crippen MR) is 83.6 cm³/mol. The molecule has 3 rings (SSSR count). The van der Waals surface area contributed by atoms with Crippen LogP contribution >= 0.6 is 11.9 Å². The molecule has 5 nitrogen and oxygen atoms in total. The van der Waals surface area contributed by atoms with E-state index in [4.69, 9.17) is 0 Å². The molecule has 2 N–H and O–H groups in total. The predicted octanol–water partition coefficient (Wildman–Crippen LogP) is 1.07. The van der Waals surface area contributed by atoms with Gasteiger partial charge in [0.2, 0.25) is 5.91 Å². The van der Waals surface area contributed by atoms with Crippen LogP contribution in [0.3, 0.4) is 0 Å². The van der Waals surface area contributed by atoms with Crippen LogP contribution in [0, 0.1) is 5.92 Å². The number of likely N-dealkylation sites (tertiary alicyclic amines) is 1. The maximum atomic E-state index is 12.5. The van der Waals surface area contributed by atoms with Crippen LogP contribution in [-0.4, -0.2) is 47.1 Å². The second kappa shape index (κ2) is 5.65. The molecule has 3 fully saturated rings. The van der Waals surface area contributed by atoms with Gasteiger partial charge in [0.1, 0.15) is 5.54 Å². The Morgan fingerprint density at radius 2 is 2.14 bits per heavy atom. The molecular formula is C15H23N3O2S. The molecule has 0 bridgehead atoms. The van der Waals surface area contributed by atoms with Crippen LogP contribution in [0.5, 0.6) is 0 Å². The van der Waals surface area contributed by atoms with Crippen LogP contribution in [0.25, 0.3) is 0 Å². The summed E-state index contributed by atoms with van der Waals surface area (Å²) in [6.45, 7) is 4.72. The number of hydrogen-bond acceptors (Lipinski definition) is 4. The van der Waals surface area contributed by atoms with Gasteiger partial charge in [0.25, 0.3) is 5.91 Å². The highest BCUT2D eigenvalue weighted by Crippen LogP contribution is 2.45. The quantitative estimate of drug-likeness (QED) is 0.569. The zero-order valence-electron chi connectivity index (χ0n) is 12.4. The first-order chi connectivity index (χ1) is 10.1. The van der Waals surface area contributed by atoms with Crippen LogP contribution in [-0.2, 0) is 9.59 Å². The summed E-state index contributed by atoms with van der Waals surface area (Å²) in [4.78, 5) is 27.0. The first kappa shape index (κ1) is 14.9. The highest BCUT2D eigenvalue weighted by molar-refractivity contribution is 7.98. The topological polar surface area (TPSA) is 61.4 Å². The minimum Gasteiger partial charge on any atom is -0.340 e. The molecule has 0 spiro atoms. The molecule has 6 heteroatoms. The fraction of sp³-hybridized carbons (Fsp3) is 0.733. The van der Waals surface area contributed by atoms with Crippen LogP contribution in [0.1, 0.15) is 32.1 Å². The first-order valence-electron chi connectivity index (χ1n) is 7.68. The smallest absolute Gasteiger partial charge is 0.256 e. The summed E-state index contributed by atoms with van der Waals surface area (Å²) in [5, 5.41) is 3.57. The third kappa shape index (κ3) is 2.97. The number of amides is 2. The van der Waals surface area contributed by atoms with E-state index in [2.05, 4.69) is 21.5 Å². The second-order valence-electron chi connectivity index (χ2n) is 6.39. The Morgan fingerprint density at radius 1 is 1.38 bits per heavy atom. The van der Waals surface area contributed by atoms with Gasteiger partial charge in [-0.1, -0.05) is 6.08 Å². The van der Waals surface area contributed by atoms with Gasteiger partial charge in [-0.15, -0.1) is 6.58 Å². The van der Waals surface area contributed by atoms with E-state index < -0.39 is 5.54 Å².